The Bertz CT molecular complexity index is 1360. The molecule has 0 unspecified atom stereocenters. The van der Waals surface area contributed by atoms with Crippen LogP contribution in [-0.2, 0) is 14.3 Å². The Morgan fingerprint density at radius 1 is 1.07 bits per heavy atom. The third-order valence-corrected chi connectivity index (χ3v) is 8.88. The van der Waals surface area contributed by atoms with E-state index < -0.39 is 42.1 Å². The molecule has 2 fully saturated rings. The highest BCUT2D eigenvalue weighted by atomic mass is 19.3. The molecule has 5 rings (SSSR count). The Morgan fingerprint density at radius 3 is 2.38 bits per heavy atom. The van der Waals surface area contributed by atoms with Gasteiger partial charge >= 0.3 is 0 Å². The maximum absolute atomic E-state index is 13.0. The predicted octanol–water partition coefficient (Wildman–Crippen LogP) is 2.53. The zero-order valence-corrected chi connectivity index (χ0v) is 25.4. The third-order valence-electron chi connectivity index (χ3n) is 8.88. The van der Waals surface area contributed by atoms with Crippen LogP contribution >= 0.6 is 0 Å². The summed E-state index contributed by atoms with van der Waals surface area (Å²) in [6, 6.07) is 4.73. The minimum atomic E-state index is -2.66. The van der Waals surface area contributed by atoms with Crippen LogP contribution in [0.4, 0.5) is 14.5 Å². The molecule has 0 bridgehead atoms. The maximum atomic E-state index is 13.0. The van der Waals surface area contributed by atoms with Gasteiger partial charge in [0, 0.05) is 45.0 Å². The molecule has 14 heteroatoms. The Morgan fingerprint density at radius 2 is 1.73 bits per heavy atom. The number of fused-ring (bicyclic) bond motifs is 1. The fraction of sp³-hybridized carbons (Fsp3) is 0.581. The zero-order chi connectivity index (χ0) is 32.1. The van der Waals surface area contributed by atoms with Gasteiger partial charge in [-0.3, -0.25) is 34.1 Å². The molecule has 2 aliphatic heterocycles. The summed E-state index contributed by atoms with van der Waals surface area (Å²) >= 11 is 0. The molecule has 3 heterocycles. The van der Waals surface area contributed by atoms with Crippen LogP contribution < -0.4 is 16.4 Å². The van der Waals surface area contributed by atoms with Gasteiger partial charge in [0.1, 0.15) is 6.04 Å². The second kappa shape index (κ2) is 14.6. The zero-order valence-electron chi connectivity index (χ0n) is 25.4. The van der Waals surface area contributed by atoms with Crippen LogP contribution in [0.1, 0.15) is 83.8 Å². The lowest BCUT2D eigenvalue weighted by atomic mass is 9.86. The average molecular weight is 630 g/mol. The highest BCUT2D eigenvalue weighted by Gasteiger charge is 2.48. The molecule has 45 heavy (non-hydrogen) atoms. The van der Waals surface area contributed by atoms with Crippen molar-refractivity contribution in [2.75, 3.05) is 45.6 Å². The number of alkyl halides is 2. The van der Waals surface area contributed by atoms with Crippen LogP contribution in [-0.4, -0.2) is 95.2 Å². The minimum absolute atomic E-state index is 0.0316. The first-order chi connectivity index (χ1) is 21.6. The van der Waals surface area contributed by atoms with Crippen molar-refractivity contribution in [3.63, 3.8) is 0 Å². The number of nitrogens with one attached hydrogen (secondary N) is 2. The number of imide groups is 2. The van der Waals surface area contributed by atoms with Crippen molar-refractivity contribution in [3.8, 4) is 0 Å². The number of nitrogen functional groups attached to an aromatic ring is 1. The van der Waals surface area contributed by atoms with Crippen LogP contribution in [0.25, 0.3) is 0 Å². The van der Waals surface area contributed by atoms with Crippen LogP contribution in [0.2, 0.25) is 0 Å². The molecule has 244 valence electrons. The van der Waals surface area contributed by atoms with Gasteiger partial charge in [0.25, 0.3) is 24.1 Å². The summed E-state index contributed by atoms with van der Waals surface area (Å²) in [5, 5.41) is 9.46. The number of ether oxygens (including phenoxy) is 1. The normalized spacial score (nSPS) is 23.7. The fourth-order valence-corrected chi connectivity index (χ4v) is 6.60. The lowest BCUT2D eigenvalue weighted by molar-refractivity contribution is -0.137. The highest BCUT2D eigenvalue weighted by molar-refractivity contribution is 6.23. The van der Waals surface area contributed by atoms with Gasteiger partial charge in [0.05, 0.1) is 22.9 Å². The molecular weight excluding hydrogens is 588 g/mol. The van der Waals surface area contributed by atoms with Gasteiger partial charge < -0.3 is 20.7 Å². The van der Waals surface area contributed by atoms with Gasteiger partial charge in [0.15, 0.2) is 5.69 Å². The summed E-state index contributed by atoms with van der Waals surface area (Å²) in [5.74, 6) is -1.66. The lowest BCUT2D eigenvalue weighted by Gasteiger charge is -2.35. The quantitative estimate of drug-likeness (QED) is 0.212. The van der Waals surface area contributed by atoms with Crippen molar-refractivity contribution >= 4 is 29.3 Å². The minimum Gasteiger partial charge on any atom is -0.396 e. The topological polar surface area (TPSA) is 152 Å². The molecule has 2 atom stereocenters. The van der Waals surface area contributed by atoms with Crippen molar-refractivity contribution in [1.82, 2.24) is 30.2 Å². The molecule has 0 radical (unpaired) electrons. The van der Waals surface area contributed by atoms with Gasteiger partial charge in [0.2, 0.25) is 5.91 Å². The number of carbonyl (C=O) groups is 4. The molecule has 1 saturated carbocycles. The molecule has 4 N–H and O–H groups in total. The maximum Gasteiger partial charge on any atom is 0.284 e. The molecule has 2 aromatic rings. The lowest BCUT2D eigenvalue weighted by Crippen LogP contribution is -2.64. The Hall–Kier alpha value is -3.75. The number of halogens is 2. The van der Waals surface area contributed by atoms with Crippen molar-refractivity contribution in [2.24, 2.45) is 5.92 Å². The van der Waals surface area contributed by atoms with E-state index in [1.165, 1.54) is 6.20 Å². The predicted molar refractivity (Wildman–Crippen MR) is 160 cm³/mol. The number of anilines is 1. The first-order valence-electron chi connectivity index (χ1n) is 15.6. The average Bonchev–Trinajstić information content (AvgIpc) is 3.52. The van der Waals surface area contributed by atoms with E-state index in [0.29, 0.717) is 32.1 Å². The summed E-state index contributed by atoms with van der Waals surface area (Å²) in [5.41, 5.74) is 5.91. The number of rotatable bonds is 14. The van der Waals surface area contributed by atoms with E-state index in [1.807, 2.05) is 0 Å². The summed E-state index contributed by atoms with van der Waals surface area (Å²) in [7, 11) is 2.09. The number of nitrogens with zero attached hydrogens (tertiary/aromatic N) is 4. The summed E-state index contributed by atoms with van der Waals surface area (Å²) < 4.78 is 33.4. The van der Waals surface area contributed by atoms with Gasteiger partial charge in [-0.05, 0) is 70.2 Å². The van der Waals surface area contributed by atoms with Crippen molar-refractivity contribution < 1.29 is 32.7 Å². The number of benzene rings is 1. The molecule has 12 nitrogen and oxygen atoms in total. The van der Waals surface area contributed by atoms with Gasteiger partial charge in [-0.1, -0.05) is 12.1 Å². The van der Waals surface area contributed by atoms with Crippen molar-refractivity contribution in [1.29, 1.82) is 0 Å². The molecule has 1 saturated heterocycles. The van der Waals surface area contributed by atoms with Gasteiger partial charge in [-0.2, -0.15) is 5.10 Å². The van der Waals surface area contributed by atoms with E-state index in [0.717, 1.165) is 50.1 Å². The van der Waals surface area contributed by atoms with Crippen LogP contribution in [0, 0.1) is 5.92 Å². The van der Waals surface area contributed by atoms with Crippen LogP contribution in [0.15, 0.2) is 30.5 Å². The van der Waals surface area contributed by atoms with Crippen molar-refractivity contribution in [3.05, 3.63) is 47.3 Å². The monoisotopic (exact) mass is 629 g/mol. The molecule has 1 aliphatic carbocycles. The number of nitrogens with two attached hydrogens (primary N) is 1. The number of aromatic nitrogens is 2. The smallest absolute Gasteiger partial charge is 0.284 e. The Kier molecular flexibility index (Phi) is 10.6. The Labute approximate surface area is 260 Å². The molecule has 1 aromatic heterocycles. The summed E-state index contributed by atoms with van der Waals surface area (Å²) in [6.45, 7) is 3.36. The van der Waals surface area contributed by atoms with Crippen LogP contribution in [0.3, 0.4) is 0 Å². The van der Waals surface area contributed by atoms with E-state index >= 15 is 0 Å². The second-order valence-corrected chi connectivity index (χ2v) is 12.2. The first-order valence-corrected chi connectivity index (χ1v) is 15.6. The highest BCUT2D eigenvalue weighted by Crippen LogP contribution is 2.34. The molecule has 0 spiro atoms. The van der Waals surface area contributed by atoms with E-state index in [-0.39, 0.29) is 35.0 Å². The van der Waals surface area contributed by atoms with E-state index in [4.69, 9.17) is 10.5 Å². The summed E-state index contributed by atoms with van der Waals surface area (Å²) in [6.07, 6.45) is 4.10. The molecule has 1 aromatic carbocycles. The number of amides is 4. The van der Waals surface area contributed by atoms with E-state index in [9.17, 15) is 28.0 Å². The Balaban J connectivity index is 0.967. The molecule has 4 amide bonds. The SMILES string of the molecule is CN(CCCOCCCN[C@@H]1CC(=O)NC(=O)[C@@H]1N1C(=O)c2ccccc2C1=O)CC1CCC(n2cc(N)c(C(F)F)n2)CC1. The molecule has 3 aliphatic rings. The number of piperidine rings is 1. The van der Waals surface area contributed by atoms with Crippen LogP contribution in [0.5, 0.6) is 0 Å². The third kappa shape index (κ3) is 7.56. The fourth-order valence-electron chi connectivity index (χ4n) is 6.60. The number of carbonyl (C=O) groups excluding carboxylic acids is 4. The summed E-state index contributed by atoms with van der Waals surface area (Å²) in [4.78, 5) is 54.1. The van der Waals surface area contributed by atoms with Gasteiger partial charge in [-0.15, -0.1) is 0 Å². The first kappa shape index (κ1) is 32.6. The largest absolute Gasteiger partial charge is 0.396 e. The molecular formula is C31H41F2N7O5. The van der Waals surface area contributed by atoms with E-state index in [1.54, 1.807) is 28.9 Å². The second-order valence-electron chi connectivity index (χ2n) is 12.2. The van der Waals surface area contributed by atoms with E-state index in [2.05, 4.69) is 27.7 Å². The number of hydrogen-bond acceptors (Lipinski definition) is 9. The van der Waals surface area contributed by atoms with Gasteiger partial charge in [-0.25, -0.2) is 8.78 Å². The van der Waals surface area contributed by atoms with Crippen molar-refractivity contribution in [2.45, 2.75) is 69.5 Å². The number of hydrogen-bond donors (Lipinski definition) is 3. The standard InChI is InChI=1S/C31H41F2N7O5/c1-38(17-19-8-10-20(11-9-19)39-18-23(34)26(37-39)28(32)33)13-5-15-45-14-4-12-35-24-16-25(41)36-29(42)27(24)40-30(43)21-6-2-3-7-22(21)31(40)44/h2-3,6-7,18-20,24,27-28,35H,4-5,8-17,34H2,1H3,(H,36,41,42)/t19?,20?,24-,27-/m1/s1.